The average molecular weight is 255 g/mol. The highest BCUT2D eigenvalue weighted by Crippen LogP contribution is 2.21. The third kappa shape index (κ3) is 2.38. The highest BCUT2D eigenvalue weighted by Gasteiger charge is 2.31. The number of nitrogens with zero attached hydrogens (tertiary/aromatic N) is 1. The Labute approximate surface area is 99.7 Å². The Balaban J connectivity index is 2.34. The normalized spacial score (nSPS) is 21.6. The van der Waals surface area contributed by atoms with E-state index in [1.165, 1.54) is 22.5 Å². The van der Waals surface area contributed by atoms with Crippen LogP contribution < -0.4 is 0 Å². The number of aliphatic hydroxyl groups is 1. The lowest BCUT2D eigenvalue weighted by Crippen LogP contribution is -2.29. The van der Waals surface area contributed by atoms with Gasteiger partial charge in [0.2, 0.25) is 10.0 Å². The molecule has 0 bridgehead atoms. The van der Waals surface area contributed by atoms with Gasteiger partial charge in [-0.05, 0) is 18.6 Å². The molecule has 1 atom stereocenters. The summed E-state index contributed by atoms with van der Waals surface area (Å²) < 4.78 is 25.5. The second kappa shape index (κ2) is 4.56. The molecule has 1 fully saturated rings. The summed E-state index contributed by atoms with van der Waals surface area (Å²) in [5, 5.41) is 9.35. The van der Waals surface area contributed by atoms with Crippen molar-refractivity contribution in [3.63, 3.8) is 0 Å². The lowest BCUT2D eigenvalue weighted by Gasteiger charge is -2.15. The smallest absolute Gasteiger partial charge is 0.243 e. The zero-order valence-electron chi connectivity index (χ0n) is 9.11. The highest BCUT2D eigenvalue weighted by molar-refractivity contribution is 7.89. The van der Waals surface area contributed by atoms with Crippen LogP contribution in [0.3, 0.4) is 0 Å². The number of sulfonamides is 1. The van der Waals surface area contributed by atoms with E-state index in [1.54, 1.807) is 6.07 Å². The van der Waals surface area contributed by atoms with E-state index in [1.807, 2.05) is 0 Å². The van der Waals surface area contributed by atoms with Crippen LogP contribution in [0.1, 0.15) is 16.8 Å². The van der Waals surface area contributed by atoms with Gasteiger partial charge in [0, 0.05) is 18.7 Å². The molecule has 1 aliphatic heterocycles. The number of benzene rings is 1. The third-order valence-electron chi connectivity index (χ3n) is 2.76. The van der Waals surface area contributed by atoms with Gasteiger partial charge in [-0.15, -0.1) is 0 Å². The van der Waals surface area contributed by atoms with Gasteiger partial charge in [0.25, 0.3) is 0 Å². The van der Waals surface area contributed by atoms with E-state index in [4.69, 9.17) is 0 Å². The molecule has 0 aromatic heterocycles. The number of aldehydes is 1. The first-order valence-electron chi connectivity index (χ1n) is 5.27. The lowest BCUT2D eigenvalue weighted by atomic mass is 10.2. The summed E-state index contributed by atoms with van der Waals surface area (Å²) >= 11 is 0. The molecule has 1 aromatic carbocycles. The van der Waals surface area contributed by atoms with Crippen molar-refractivity contribution in [1.82, 2.24) is 4.31 Å². The first-order chi connectivity index (χ1) is 8.04. The summed E-state index contributed by atoms with van der Waals surface area (Å²) in [6, 6.07) is 5.87. The topological polar surface area (TPSA) is 74.7 Å². The molecule has 1 aliphatic rings. The number of rotatable bonds is 3. The fourth-order valence-electron chi connectivity index (χ4n) is 1.83. The molecule has 6 heteroatoms. The Bertz CT molecular complexity index is 526. The number of carbonyl (C=O) groups is 1. The van der Waals surface area contributed by atoms with Gasteiger partial charge in [-0.25, -0.2) is 8.42 Å². The molecule has 92 valence electrons. The Morgan fingerprint density at radius 1 is 1.41 bits per heavy atom. The standard InChI is InChI=1S/C11H13NO4S/c13-8-9-2-1-3-11(6-9)17(15,16)12-5-4-10(14)7-12/h1-3,6,8,10,14H,4-5,7H2. The van der Waals surface area contributed by atoms with E-state index in [2.05, 4.69) is 0 Å². The van der Waals surface area contributed by atoms with Crippen molar-refractivity contribution in [1.29, 1.82) is 0 Å². The molecule has 5 nitrogen and oxygen atoms in total. The summed E-state index contributed by atoms with van der Waals surface area (Å²) in [6.07, 6.45) is 0.462. The van der Waals surface area contributed by atoms with E-state index < -0.39 is 16.1 Å². The number of hydrogen-bond acceptors (Lipinski definition) is 4. The Hall–Kier alpha value is -1.24. The van der Waals surface area contributed by atoms with E-state index in [0.29, 0.717) is 24.8 Å². The number of hydrogen-bond donors (Lipinski definition) is 1. The van der Waals surface area contributed by atoms with E-state index >= 15 is 0 Å². The van der Waals surface area contributed by atoms with Gasteiger partial charge in [0.15, 0.2) is 0 Å². The van der Waals surface area contributed by atoms with Crippen molar-refractivity contribution in [2.75, 3.05) is 13.1 Å². The molecule has 1 unspecified atom stereocenters. The van der Waals surface area contributed by atoms with Crippen LogP contribution in [-0.2, 0) is 10.0 Å². The van der Waals surface area contributed by atoms with Crippen LogP contribution in [-0.4, -0.2) is 43.3 Å². The van der Waals surface area contributed by atoms with Crippen LogP contribution in [0.2, 0.25) is 0 Å². The molecule has 17 heavy (non-hydrogen) atoms. The van der Waals surface area contributed by atoms with Crippen LogP contribution in [0.15, 0.2) is 29.2 Å². The largest absolute Gasteiger partial charge is 0.392 e. The molecule has 1 N–H and O–H groups in total. The Morgan fingerprint density at radius 3 is 2.76 bits per heavy atom. The van der Waals surface area contributed by atoms with Crippen molar-refractivity contribution in [2.24, 2.45) is 0 Å². The van der Waals surface area contributed by atoms with Crippen LogP contribution in [0.4, 0.5) is 0 Å². The zero-order valence-corrected chi connectivity index (χ0v) is 9.93. The average Bonchev–Trinajstić information content (AvgIpc) is 2.76. The maximum Gasteiger partial charge on any atom is 0.243 e. The second-order valence-electron chi connectivity index (χ2n) is 4.00. The maximum atomic E-state index is 12.1. The van der Waals surface area contributed by atoms with Gasteiger partial charge < -0.3 is 5.11 Å². The summed E-state index contributed by atoms with van der Waals surface area (Å²) in [7, 11) is -3.59. The van der Waals surface area contributed by atoms with Crippen molar-refractivity contribution < 1.29 is 18.3 Å². The first kappa shape index (κ1) is 12.2. The molecule has 2 rings (SSSR count). The van der Waals surface area contributed by atoms with E-state index in [-0.39, 0.29) is 11.4 Å². The molecule has 1 saturated heterocycles. The minimum Gasteiger partial charge on any atom is -0.392 e. The molecular weight excluding hydrogens is 242 g/mol. The number of β-amino-alcohol motifs (C(OH)–C–C–N with tert-alkyl or cyclic N) is 1. The van der Waals surface area contributed by atoms with E-state index in [9.17, 15) is 18.3 Å². The summed E-state index contributed by atoms with van der Waals surface area (Å²) in [5.41, 5.74) is 0.325. The Morgan fingerprint density at radius 2 is 2.18 bits per heavy atom. The maximum absolute atomic E-state index is 12.1. The van der Waals surface area contributed by atoms with Crippen LogP contribution >= 0.6 is 0 Å². The molecule has 1 aromatic rings. The SMILES string of the molecule is O=Cc1cccc(S(=O)(=O)N2CCC(O)C2)c1. The van der Waals surface area contributed by atoms with Gasteiger partial charge in [-0.3, -0.25) is 4.79 Å². The predicted octanol–water partition coefficient (Wildman–Crippen LogP) is 0.254. The van der Waals surface area contributed by atoms with Crippen LogP contribution in [0.5, 0.6) is 0 Å². The monoisotopic (exact) mass is 255 g/mol. The van der Waals surface area contributed by atoms with Gasteiger partial charge >= 0.3 is 0 Å². The summed E-state index contributed by atoms with van der Waals surface area (Å²) in [6.45, 7) is 0.433. The fourth-order valence-corrected chi connectivity index (χ4v) is 3.37. The molecule has 0 radical (unpaired) electrons. The van der Waals surface area contributed by atoms with Gasteiger partial charge in [-0.2, -0.15) is 4.31 Å². The lowest BCUT2D eigenvalue weighted by molar-refractivity contribution is 0.112. The quantitative estimate of drug-likeness (QED) is 0.786. The zero-order chi connectivity index (χ0) is 12.5. The predicted molar refractivity (Wildman–Crippen MR) is 61.2 cm³/mol. The highest BCUT2D eigenvalue weighted by atomic mass is 32.2. The molecule has 0 spiro atoms. The Kier molecular flexibility index (Phi) is 3.28. The molecule has 0 aliphatic carbocycles. The second-order valence-corrected chi connectivity index (χ2v) is 5.93. The summed E-state index contributed by atoms with van der Waals surface area (Å²) in [5.74, 6) is 0. The van der Waals surface area contributed by atoms with Crippen molar-refractivity contribution >= 4 is 16.3 Å². The minimum absolute atomic E-state index is 0.0937. The number of aliphatic hydroxyl groups excluding tert-OH is 1. The van der Waals surface area contributed by atoms with Gasteiger partial charge in [-0.1, -0.05) is 12.1 Å². The van der Waals surface area contributed by atoms with Crippen LogP contribution in [0.25, 0.3) is 0 Å². The minimum atomic E-state index is -3.59. The number of carbonyl (C=O) groups excluding carboxylic acids is 1. The fraction of sp³-hybridized carbons (Fsp3) is 0.364. The van der Waals surface area contributed by atoms with Crippen molar-refractivity contribution in [3.05, 3.63) is 29.8 Å². The molecule has 0 saturated carbocycles. The van der Waals surface area contributed by atoms with Gasteiger partial charge in [0.1, 0.15) is 6.29 Å². The van der Waals surface area contributed by atoms with Crippen LogP contribution in [0, 0.1) is 0 Å². The third-order valence-corrected chi connectivity index (χ3v) is 4.62. The van der Waals surface area contributed by atoms with Crippen molar-refractivity contribution in [3.8, 4) is 0 Å². The van der Waals surface area contributed by atoms with E-state index in [0.717, 1.165) is 0 Å². The van der Waals surface area contributed by atoms with Crippen molar-refractivity contribution in [2.45, 2.75) is 17.4 Å². The molecule has 1 heterocycles. The summed E-state index contributed by atoms with van der Waals surface area (Å²) in [4.78, 5) is 10.7. The van der Waals surface area contributed by atoms with Gasteiger partial charge in [0.05, 0.1) is 11.0 Å². The molecular formula is C11H13NO4S. The molecule has 0 amide bonds. The first-order valence-corrected chi connectivity index (χ1v) is 6.71.